The molecular weight excluding hydrogens is 597 g/mol. The number of benzene rings is 8. The Labute approximate surface area is 281 Å². The molecule has 0 fully saturated rings. The molecule has 0 saturated heterocycles. The Balaban J connectivity index is 1.34. The molecule has 3 aromatic heterocycles. The van der Waals surface area contributed by atoms with Crippen molar-refractivity contribution in [3.63, 3.8) is 0 Å². The molecule has 11 aromatic rings. The van der Waals surface area contributed by atoms with Gasteiger partial charge in [-0.2, -0.15) is 0 Å². The Bertz CT molecular complexity index is 3040. The molecule has 0 amide bonds. The van der Waals surface area contributed by atoms with E-state index in [1.54, 1.807) is 0 Å². The average molecular weight is 625 g/mol. The van der Waals surface area contributed by atoms with Crippen molar-refractivity contribution in [3.8, 4) is 11.1 Å². The van der Waals surface area contributed by atoms with E-state index in [4.69, 9.17) is 4.42 Å². The van der Waals surface area contributed by atoms with E-state index < -0.39 is 0 Å². The molecule has 0 spiro atoms. The van der Waals surface area contributed by atoms with Gasteiger partial charge < -0.3 is 13.7 Å². The minimum Gasteiger partial charge on any atom is -0.456 e. The van der Waals surface area contributed by atoms with Crippen LogP contribution in [-0.4, -0.2) is 4.40 Å². The van der Waals surface area contributed by atoms with Gasteiger partial charge in [0.1, 0.15) is 11.2 Å². The third-order valence-corrected chi connectivity index (χ3v) is 10.3. The molecule has 3 nitrogen and oxygen atoms in total. The number of rotatable bonds is 4. The maximum atomic E-state index is 6.83. The molecule has 228 valence electrons. The van der Waals surface area contributed by atoms with Crippen LogP contribution in [0.15, 0.2) is 174 Å². The fraction of sp³-hybridized carbons (Fsp3) is 0. The van der Waals surface area contributed by atoms with Crippen molar-refractivity contribution < 1.29 is 4.42 Å². The van der Waals surface area contributed by atoms with E-state index in [2.05, 4.69) is 179 Å². The second kappa shape index (κ2) is 9.96. The first-order chi connectivity index (χ1) is 24.3. The highest BCUT2D eigenvalue weighted by Crippen LogP contribution is 2.51. The van der Waals surface area contributed by atoms with Crippen molar-refractivity contribution >= 4 is 87.9 Å². The van der Waals surface area contributed by atoms with E-state index in [9.17, 15) is 0 Å². The van der Waals surface area contributed by atoms with Crippen LogP contribution in [0.25, 0.3) is 81.9 Å². The third kappa shape index (κ3) is 3.67. The summed E-state index contributed by atoms with van der Waals surface area (Å²) in [5.74, 6) is 0. The van der Waals surface area contributed by atoms with Gasteiger partial charge in [0.2, 0.25) is 0 Å². The lowest BCUT2D eigenvalue weighted by atomic mass is 10.00. The van der Waals surface area contributed by atoms with Gasteiger partial charge in [-0.05, 0) is 58.3 Å². The third-order valence-electron chi connectivity index (χ3n) is 10.3. The summed E-state index contributed by atoms with van der Waals surface area (Å²) in [5.41, 5.74) is 11.0. The Morgan fingerprint density at radius 3 is 1.88 bits per heavy atom. The summed E-state index contributed by atoms with van der Waals surface area (Å²) in [5, 5.41) is 9.55. The highest BCUT2D eigenvalue weighted by atomic mass is 16.3. The van der Waals surface area contributed by atoms with Crippen LogP contribution in [0.4, 0.5) is 17.1 Å². The Morgan fingerprint density at radius 2 is 1.04 bits per heavy atom. The minimum absolute atomic E-state index is 0.882. The van der Waals surface area contributed by atoms with Crippen molar-refractivity contribution in [1.29, 1.82) is 0 Å². The van der Waals surface area contributed by atoms with Gasteiger partial charge in [-0.1, -0.05) is 127 Å². The molecule has 49 heavy (non-hydrogen) atoms. The summed E-state index contributed by atoms with van der Waals surface area (Å²) in [6.07, 6.45) is 0. The number of hydrogen-bond donors (Lipinski definition) is 0. The SMILES string of the molecule is c1ccc(-c2ccc(N(c3cccc4ccccc34)c3cc4oc5cccc6c7ccccc7n7c8ccccc8c3c7c4c56)cc2)cc1. The first-order valence-corrected chi connectivity index (χ1v) is 16.8. The Hall–Kier alpha value is -6.58. The van der Waals surface area contributed by atoms with Gasteiger partial charge >= 0.3 is 0 Å². The molecule has 3 heteroatoms. The summed E-state index contributed by atoms with van der Waals surface area (Å²) in [6, 6.07) is 61.2. The zero-order chi connectivity index (χ0) is 32.1. The summed E-state index contributed by atoms with van der Waals surface area (Å²) in [6.45, 7) is 0. The van der Waals surface area contributed by atoms with Gasteiger partial charge in [0.25, 0.3) is 0 Å². The van der Waals surface area contributed by atoms with Crippen molar-refractivity contribution in [2.45, 2.75) is 0 Å². The highest BCUT2D eigenvalue weighted by Gasteiger charge is 2.27. The molecule has 3 heterocycles. The predicted molar refractivity (Wildman–Crippen MR) is 206 cm³/mol. The van der Waals surface area contributed by atoms with Gasteiger partial charge in [-0.15, -0.1) is 0 Å². The standard InChI is InChI=1S/C46H28N2O/c1-2-12-29(13-3-1)30-24-26-32(27-25-30)47(37-22-10-15-31-14-4-5-16-33(31)37)40-28-42-45-44-35(19-11-23-41(44)49-42)34-17-6-8-20-38(34)48-39-21-9-7-18-36(39)43(40)46(45)48/h1-28H. The average Bonchev–Trinajstić information content (AvgIpc) is 3.67. The number of anilines is 3. The number of aromatic nitrogens is 1. The first-order valence-electron chi connectivity index (χ1n) is 16.8. The quantitative estimate of drug-likeness (QED) is 0.194. The van der Waals surface area contributed by atoms with Gasteiger partial charge in [-0.3, -0.25) is 0 Å². The smallest absolute Gasteiger partial charge is 0.139 e. The molecule has 0 unspecified atom stereocenters. The largest absolute Gasteiger partial charge is 0.456 e. The van der Waals surface area contributed by atoms with Crippen LogP contribution in [0.1, 0.15) is 0 Å². The maximum Gasteiger partial charge on any atom is 0.139 e. The van der Waals surface area contributed by atoms with Gasteiger partial charge in [-0.25, -0.2) is 0 Å². The Morgan fingerprint density at radius 1 is 0.408 bits per heavy atom. The second-order valence-electron chi connectivity index (χ2n) is 12.9. The molecule has 0 atom stereocenters. The molecule has 11 rings (SSSR count). The fourth-order valence-corrected chi connectivity index (χ4v) is 8.23. The predicted octanol–water partition coefficient (Wildman–Crippen LogP) is 13.0. The van der Waals surface area contributed by atoms with E-state index >= 15 is 0 Å². The van der Waals surface area contributed by atoms with E-state index in [0.717, 1.165) is 33.6 Å². The lowest BCUT2D eigenvalue weighted by Crippen LogP contribution is -2.11. The maximum absolute atomic E-state index is 6.83. The van der Waals surface area contributed by atoms with Crippen LogP contribution < -0.4 is 4.90 Å². The number of para-hydroxylation sites is 2. The first kappa shape index (κ1) is 26.5. The fourth-order valence-electron chi connectivity index (χ4n) is 8.23. The summed E-state index contributed by atoms with van der Waals surface area (Å²) in [4.78, 5) is 2.44. The van der Waals surface area contributed by atoms with Crippen LogP contribution in [-0.2, 0) is 0 Å². The molecule has 0 radical (unpaired) electrons. The van der Waals surface area contributed by atoms with Crippen molar-refractivity contribution in [2.75, 3.05) is 4.90 Å². The number of nitrogens with zero attached hydrogens (tertiary/aromatic N) is 2. The lowest BCUT2D eigenvalue weighted by Gasteiger charge is -2.28. The van der Waals surface area contributed by atoms with E-state index in [1.165, 1.54) is 65.4 Å². The van der Waals surface area contributed by atoms with Gasteiger partial charge in [0.15, 0.2) is 0 Å². The molecule has 0 aliphatic carbocycles. The normalized spacial score (nSPS) is 12.1. The number of hydrogen-bond acceptors (Lipinski definition) is 2. The van der Waals surface area contributed by atoms with Gasteiger partial charge in [0, 0.05) is 38.7 Å². The van der Waals surface area contributed by atoms with Gasteiger partial charge in [0.05, 0.1) is 33.3 Å². The monoisotopic (exact) mass is 624 g/mol. The number of fused-ring (bicyclic) bond motifs is 7. The zero-order valence-electron chi connectivity index (χ0n) is 26.5. The Kier molecular flexibility index (Phi) is 5.38. The summed E-state index contributed by atoms with van der Waals surface area (Å²) >= 11 is 0. The highest BCUT2D eigenvalue weighted by molar-refractivity contribution is 6.34. The van der Waals surface area contributed by atoms with E-state index in [-0.39, 0.29) is 0 Å². The van der Waals surface area contributed by atoms with Crippen LogP contribution in [0.2, 0.25) is 0 Å². The van der Waals surface area contributed by atoms with Crippen LogP contribution in [0.3, 0.4) is 0 Å². The summed E-state index contributed by atoms with van der Waals surface area (Å²) < 4.78 is 9.30. The minimum atomic E-state index is 0.882. The van der Waals surface area contributed by atoms with Crippen LogP contribution in [0, 0.1) is 0 Å². The number of furan rings is 1. The molecule has 8 aromatic carbocycles. The van der Waals surface area contributed by atoms with Crippen molar-refractivity contribution in [2.24, 2.45) is 0 Å². The lowest BCUT2D eigenvalue weighted by molar-refractivity contribution is 0.669. The molecule has 0 saturated carbocycles. The van der Waals surface area contributed by atoms with Crippen molar-refractivity contribution in [1.82, 2.24) is 4.40 Å². The summed E-state index contributed by atoms with van der Waals surface area (Å²) in [7, 11) is 0. The second-order valence-corrected chi connectivity index (χ2v) is 12.9. The zero-order valence-corrected chi connectivity index (χ0v) is 26.5. The van der Waals surface area contributed by atoms with Crippen LogP contribution >= 0.6 is 0 Å². The molecule has 0 bridgehead atoms. The van der Waals surface area contributed by atoms with Crippen molar-refractivity contribution in [3.05, 3.63) is 170 Å². The topological polar surface area (TPSA) is 20.8 Å². The molecule has 0 N–H and O–H groups in total. The van der Waals surface area contributed by atoms with E-state index in [0.29, 0.717) is 0 Å². The van der Waals surface area contributed by atoms with E-state index in [1.807, 2.05) is 0 Å². The molecular formula is C46H28N2O. The molecule has 0 aliphatic heterocycles. The molecule has 0 aliphatic rings. The van der Waals surface area contributed by atoms with Crippen LogP contribution in [0.5, 0.6) is 0 Å².